The molecule has 0 saturated carbocycles. The maximum absolute atomic E-state index is 4.43. The summed E-state index contributed by atoms with van der Waals surface area (Å²) in [4.78, 5) is 9.91. The summed E-state index contributed by atoms with van der Waals surface area (Å²) in [5.74, 6) is 0.822. The van der Waals surface area contributed by atoms with Crippen LogP contribution in [0.25, 0.3) is 0 Å². The van der Waals surface area contributed by atoms with E-state index in [-0.39, 0.29) is 24.0 Å². The van der Waals surface area contributed by atoms with E-state index in [9.17, 15) is 0 Å². The van der Waals surface area contributed by atoms with Gasteiger partial charge in [0, 0.05) is 37.4 Å². The molecule has 0 spiro atoms. The number of aromatic nitrogens is 2. The highest BCUT2D eigenvalue weighted by Crippen LogP contribution is 2.16. The molecule has 0 atom stereocenters. The second-order valence-corrected chi connectivity index (χ2v) is 5.80. The first-order valence-electron chi connectivity index (χ1n) is 6.67. The van der Waals surface area contributed by atoms with Crippen LogP contribution in [0.5, 0.6) is 0 Å². The second-order valence-electron chi connectivity index (χ2n) is 4.51. The van der Waals surface area contributed by atoms with Crippen LogP contribution in [-0.4, -0.2) is 29.1 Å². The van der Waals surface area contributed by atoms with Crippen molar-refractivity contribution in [3.05, 3.63) is 40.1 Å². The van der Waals surface area contributed by atoms with Gasteiger partial charge in [0.05, 0.1) is 17.2 Å². The van der Waals surface area contributed by atoms with Gasteiger partial charge in [0.15, 0.2) is 5.96 Å². The van der Waals surface area contributed by atoms with Crippen molar-refractivity contribution >= 4 is 41.3 Å². The number of halogens is 1. The molecule has 0 unspecified atom stereocenters. The Morgan fingerprint density at radius 1 is 1.29 bits per heavy atom. The normalized spacial score (nSPS) is 11.1. The number of thiazole rings is 1. The van der Waals surface area contributed by atoms with Crippen molar-refractivity contribution in [3.8, 4) is 0 Å². The Morgan fingerprint density at radius 2 is 2.00 bits per heavy atom. The van der Waals surface area contributed by atoms with Crippen LogP contribution in [0.1, 0.15) is 15.6 Å². The van der Waals surface area contributed by atoms with Crippen molar-refractivity contribution < 1.29 is 0 Å². The molecule has 2 aromatic rings. The summed E-state index contributed by atoms with van der Waals surface area (Å²) in [5.41, 5.74) is 1.10. The summed E-state index contributed by atoms with van der Waals surface area (Å²) in [5, 5.41) is 7.73. The monoisotopic (exact) mass is 419 g/mol. The van der Waals surface area contributed by atoms with E-state index in [4.69, 9.17) is 0 Å². The van der Waals surface area contributed by atoms with Gasteiger partial charge in [0.1, 0.15) is 0 Å². The Labute approximate surface area is 146 Å². The number of hydrogen-bond acceptors (Lipinski definition) is 3. The van der Waals surface area contributed by atoms with Crippen LogP contribution in [0.2, 0.25) is 0 Å². The largest absolute Gasteiger partial charge is 0.355 e. The number of aliphatic imine (C=N–C) groups is 1. The molecule has 2 aromatic heterocycles. The fourth-order valence-corrected chi connectivity index (χ4v) is 2.82. The first-order chi connectivity index (χ1) is 9.69. The van der Waals surface area contributed by atoms with E-state index in [2.05, 4.69) is 37.6 Å². The molecule has 0 aliphatic heterocycles. The highest BCUT2D eigenvalue weighted by atomic mass is 127. The molecule has 0 bridgehead atoms. The maximum atomic E-state index is 4.43. The van der Waals surface area contributed by atoms with Crippen LogP contribution in [0.4, 0.5) is 0 Å². The molecule has 116 valence electrons. The summed E-state index contributed by atoms with van der Waals surface area (Å²) < 4.78 is 2.14. The Kier molecular flexibility index (Phi) is 7.73. The highest BCUT2D eigenvalue weighted by Gasteiger charge is 2.05. The van der Waals surface area contributed by atoms with Crippen molar-refractivity contribution in [1.29, 1.82) is 0 Å². The lowest BCUT2D eigenvalue weighted by Gasteiger charge is -2.11. The molecule has 0 fully saturated rings. The van der Waals surface area contributed by atoms with Gasteiger partial charge >= 0.3 is 0 Å². The van der Waals surface area contributed by atoms with Crippen LogP contribution >= 0.6 is 35.3 Å². The van der Waals surface area contributed by atoms with E-state index in [1.54, 1.807) is 18.4 Å². The summed E-state index contributed by atoms with van der Waals surface area (Å²) in [7, 11) is 1.79. The van der Waals surface area contributed by atoms with Crippen molar-refractivity contribution in [2.45, 2.75) is 26.9 Å². The summed E-state index contributed by atoms with van der Waals surface area (Å²) in [6.07, 6.45) is 4.11. The Hall–Kier alpha value is -1.09. The van der Waals surface area contributed by atoms with Gasteiger partial charge in [0.25, 0.3) is 0 Å². The molecular formula is C14H22IN5S. The summed E-state index contributed by atoms with van der Waals surface area (Å²) in [6.45, 7) is 6.61. The van der Waals surface area contributed by atoms with Gasteiger partial charge in [-0.1, -0.05) is 0 Å². The number of aryl methyl sites for hydroxylation is 2. The van der Waals surface area contributed by atoms with Crippen LogP contribution in [-0.2, 0) is 13.1 Å². The van der Waals surface area contributed by atoms with E-state index in [0.717, 1.165) is 36.3 Å². The molecule has 7 heteroatoms. The predicted octanol–water partition coefficient (Wildman–Crippen LogP) is 2.54. The minimum atomic E-state index is 0. The highest BCUT2D eigenvalue weighted by molar-refractivity contribution is 14.0. The van der Waals surface area contributed by atoms with Crippen LogP contribution in [0, 0.1) is 13.8 Å². The van der Waals surface area contributed by atoms with E-state index >= 15 is 0 Å². The molecule has 21 heavy (non-hydrogen) atoms. The lowest BCUT2D eigenvalue weighted by atomic mass is 10.4. The Morgan fingerprint density at radius 3 is 2.57 bits per heavy atom. The first kappa shape index (κ1) is 18.0. The lowest BCUT2D eigenvalue weighted by Crippen LogP contribution is -2.38. The topological polar surface area (TPSA) is 54.2 Å². The van der Waals surface area contributed by atoms with E-state index in [1.807, 2.05) is 26.0 Å². The zero-order valence-electron chi connectivity index (χ0n) is 12.6. The second kappa shape index (κ2) is 9.04. The van der Waals surface area contributed by atoms with Gasteiger partial charge in [0.2, 0.25) is 0 Å². The molecule has 2 rings (SSSR count). The van der Waals surface area contributed by atoms with Crippen molar-refractivity contribution in [2.24, 2.45) is 4.99 Å². The number of hydrogen-bond donors (Lipinski definition) is 2. The van der Waals surface area contributed by atoms with Crippen LogP contribution < -0.4 is 10.6 Å². The third-order valence-electron chi connectivity index (χ3n) is 2.97. The van der Waals surface area contributed by atoms with Crippen molar-refractivity contribution in [1.82, 2.24) is 20.2 Å². The number of nitrogens with zero attached hydrogens (tertiary/aromatic N) is 3. The molecule has 2 heterocycles. The molecule has 0 amide bonds. The molecule has 5 nitrogen and oxygen atoms in total. The molecule has 0 aliphatic rings. The third-order valence-corrected chi connectivity index (χ3v) is 4.04. The molecule has 0 aromatic carbocycles. The van der Waals surface area contributed by atoms with Gasteiger partial charge in [-0.15, -0.1) is 35.3 Å². The summed E-state index contributed by atoms with van der Waals surface area (Å²) in [6, 6.07) is 4.06. The lowest BCUT2D eigenvalue weighted by molar-refractivity contribution is 0.665. The minimum absolute atomic E-state index is 0. The molecule has 2 N–H and O–H groups in total. The average Bonchev–Trinajstić information content (AvgIpc) is 3.03. The SMILES string of the molecule is CN=C(NCCn1cccc1)NCc1sc(C)nc1C.I. The molecule has 0 aliphatic carbocycles. The van der Waals surface area contributed by atoms with Crippen molar-refractivity contribution in [3.63, 3.8) is 0 Å². The maximum Gasteiger partial charge on any atom is 0.191 e. The zero-order chi connectivity index (χ0) is 14.4. The third kappa shape index (κ3) is 5.66. The van der Waals surface area contributed by atoms with Gasteiger partial charge in [-0.05, 0) is 26.0 Å². The smallest absolute Gasteiger partial charge is 0.191 e. The Balaban J connectivity index is 0.00000220. The van der Waals surface area contributed by atoms with E-state index in [0.29, 0.717) is 0 Å². The fraction of sp³-hybridized carbons (Fsp3) is 0.429. The minimum Gasteiger partial charge on any atom is -0.355 e. The quantitative estimate of drug-likeness (QED) is 0.445. The standard InChI is InChI=1S/C14H21N5S.HI/c1-11-13(20-12(2)18-11)10-17-14(15-3)16-6-9-19-7-4-5-8-19;/h4-5,7-8H,6,9-10H2,1-3H3,(H2,15,16,17);1H. The van der Waals surface area contributed by atoms with Gasteiger partial charge < -0.3 is 15.2 Å². The number of nitrogens with one attached hydrogen (secondary N) is 2. The first-order valence-corrected chi connectivity index (χ1v) is 7.49. The zero-order valence-corrected chi connectivity index (χ0v) is 15.7. The van der Waals surface area contributed by atoms with Gasteiger partial charge in [-0.3, -0.25) is 4.99 Å². The predicted molar refractivity (Wildman–Crippen MR) is 99.6 cm³/mol. The van der Waals surface area contributed by atoms with Gasteiger partial charge in [-0.25, -0.2) is 4.98 Å². The van der Waals surface area contributed by atoms with Crippen molar-refractivity contribution in [2.75, 3.05) is 13.6 Å². The van der Waals surface area contributed by atoms with Crippen LogP contribution in [0.15, 0.2) is 29.5 Å². The number of guanidine groups is 1. The van der Waals surface area contributed by atoms with Gasteiger partial charge in [-0.2, -0.15) is 0 Å². The molecule has 0 radical (unpaired) electrons. The summed E-state index contributed by atoms with van der Waals surface area (Å²) >= 11 is 1.73. The van der Waals surface area contributed by atoms with Crippen LogP contribution in [0.3, 0.4) is 0 Å². The molecule has 0 saturated heterocycles. The van der Waals surface area contributed by atoms with E-state index < -0.39 is 0 Å². The Bertz CT molecular complexity index is 562. The molecular weight excluding hydrogens is 397 g/mol. The average molecular weight is 419 g/mol. The van der Waals surface area contributed by atoms with E-state index in [1.165, 1.54) is 4.88 Å². The fourth-order valence-electron chi connectivity index (χ4n) is 1.94. The number of rotatable bonds is 5.